The van der Waals surface area contributed by atoms with Gasteiger partial charge in [-0.15, -0.1) is 0 Å². The zero-order chi connectivity index (χ0) is 15.0. The number of nitrogen functional groups attached to an aromatic ring is 1. The largest absolute Gasteiger partial charge is 0.383 e. The molecule has 0 atom stereocenters. The number of anilines is 1. The second kappa shape index (κ2) is 5.22. The lowest BCUT2D eigenvalue weighted by atomic mass is 10.0. The van der Waals surface area contributed by atoms with Crippen LogP contribution in [0.4, 0.5) is 10.2 Å². The summed E-state index contributed by atoms with van der Waals surface area (Å²) < 4.78 is 14.8. The minimum absolute atomic E-state index is 0.310. The molecule has 5 heteroatoms. The molecule has 106 valence electrons. The van der Waals surface area contributed by atoms with Crippen LogP contribution in [0.5, 0.6) is 0 Å². The Kier molecular flexibility index (Phi) is 3.39. The monoisotopic (exact) mass is 301 g/mol. The van der Waals surface area contributed by atoms with Crippen molar-refractivity contribution in [3.8, 4) is 22.4 Å². The van der Waals surface area contributed by atoms with Crippen molar-refractivity contribution in [3.63, 3.8) is 0 Å². The first kappa shape index (κ1) is 13.6. The Hall–Kier alpha value is -2.33. The van der Waals surface area contributed by atoms with Gasteiger partial charge in [0.1, 0.15) is 17.3 Å². The molecule has 1 heterocycles. The van der Waals surface area contributed by atoms with E-state index in [1.807, 2.05) is 30.3 Å². The summed E-state index contributed by atoms with van der Waals surface area (Å²) in [6.45, 7) is 0. The Morgan fingerprint density at radius 1 is 1.14 bits per heavy atom. The summed E-state index contributed by atoms with van der Waals surface area (Å²) in [6, 6.07) is 13.9. The molecule has 0 aliphatic rings. The van der Waals surface area contributed by atoms with Crippen LogP contribution >= 0.6 is 11.6 Å². The molecule has 0 saturated carbocycles. The summed E-state index contributed by atoms with van der Waals surface area (Å²) >= 11 is 6.16. The number of nitrogens with zero attached hydrogens (tertiary/aromatic N) is 2. The molecule has 3 nitrogen and oxygen atoms in total. The van der Waals surface area contributed by atoms with Crippen molar-refractivity contribution in [1.82, 2.24) is 9.78 Å². The van der Waals surface area contributed by atoms with Crippen molar-refractivity contribution in [1.29, 1.82) is 0 Å². The lowest BCUT2D eigenvalue weighted by molar-refractivity contribution is 0.628. The molecule has 1 aromatic heterocycles. The van der Waals surface area contributed by atoms with Crippen LogP contribution < -0.4 is 5.73 Å². The van der Waals surface area contributed by atoms with Gasteiger partial charge in [-0.3, -0.25) is 4.68 Å². The number of benzene rings is 2. The molecule has 0 unspecified atom stereocenters. The summed E-state index contributed by atoms with van der Waals surface area (Å²) in [5, 5.41) is 4.74. The van der Waals surface area contributed by atoms with E-state index < -0.39 is 0 Å². The SMILES string of the molecule is Cn1nc(-c2ccc(F)cc2Cl)c(-c2ccccc2)c1N. The fourth-order valence-corrected chi connectivity index (χ4v) is 2.55. The standard InChI is InChI=1S/C16H13ClFN3/c1-21-16(19)14(10-5-3-2-4-6-10)15(20-21)12-8-7-11(18)9-13(12)17/h2-9H,19H2,1H3. The lowest BCUT2D eigenvalue weighted by Gasteiger charge is -2.06. The van der Waals surface area contributed by atoms with Crippen LogP contribution in [0, 0.1) is 5.82 Å². The quantitative estimate of drug-likeness (QED) is 0.773. The molecule has 2 aromatic carbocycles. The van der Waals surface area contributed by atoms with Gasteiger partial charge in [-0.1, -0.05) is 41.9 Å². The van der Waals surface area contributed by atoms with Crippen molar-refractivity contribution < 1.29 is 4.39 Å². The Morgan fingerprint density at radius 2 is 1.86 bits per heavy atom. The molecular weight excluding hydrogens is 289 g/mol. The molecule has 0 radical (unpaired) electrons. The Morgan fingerprint density at radius 3 is 2.52 bits per heavy atom. The van der Waals surface area contributed by atoms with E-state index >= 15 is 0 Å². The van der Waals surface area contributed by atoms with Gasteiger partial charge in [-0.2, -0.15) is 5.10 Å². The van der Waals surface area contributed by atoms with Crippen molar-refractivity contribution >= 4 is 17.4 Å². The summed E-state index contributed by atoms with van der Waals surface area (Å²) in [5.74, 6) is 0.158. The molecular formula is C16H13ClFN3. The van der Waals surface area contributed by atoms with E-state index in [1.165, 1.54) is 12.1 Å². The van der Waals surface area contributed by atoms with E-state index in [-0.39, 0.29) is 5.82 Å². The van der Waals surface area contributed by atoms with E-state index in [4.69, 9.17) is 17.3 Å². The average molecular weight is 302 g/mol. The maximum Gasteiger partial charge on any atom is 0.129 e. The number of hydrogen-bond donors (Lipinski definition) is 1. The van der Waals surface area contributed by atoms with Crippen molar-refractivity contribution in [3.05, 3.63) is 59.4 Å². The van der Waals surface area contributed by atoms with Gasteiger partial charge in [-0.05, 0) is 23.8 Å². The van der Waals surface area contributed by atoms with E-state index in [0.717, 1.165) is 11.1 Å². The highest BCUT2D eigenvalue weighted by Crippen LogP contribution is 2.38. The van der Waals surface area contributed by atoms with Crippen LogP contribution in [0.3, 0.4) is 0 Å². The van der Waals surface area contributed by atoms with Gasteiger partial charge in [0, 0.05) is 12.6 Å². The van der Waals surface area contributed by atoms with Crippen LogP contribution in [-0.2, 0) is 7.05 Å². The van der Waals surface area contributed by atoms with Crippen LogP contribution in [0.2, 0.25) is 5.02 Å². The third-order valence-electron chi connectivity index (χ3n) is 3.34. The Balaban J connectivity index is 2.27. The molecule has 0 aliphatic heterocycles. The fourth-order valence-electron chi connectivity index (χ4n) is 2.30. The number of rotatable bonds is 2. The minimum atomic E-state index is -0.381. The van der Waals surface area contributed by atoms with Crippen LogP contribution in [0.1, 0.15) is 0 Å². The van der Waals surface area contributed by atoms with Gasteiger partial charge in [0.2, 0.25) is 0 Å². The molecule has 0 bridgehead atoms. The maximum atomic E-state index is 13.2. The second-order valence-corrected chi connectivity index (χ2v) is 5.13. The van der Waals surface area contributed by atoms with Crippen LogP contribution in [0.15, 0.2) is 48.5 Å². The first-order chi connectivity index (χ1) is 10.1. The molecule has 0 aliphatic carbocycles. The molecule has 0 saturated heterocycles. The van der Waals surface area contributed by atoms with Gasteiger partial charge in [-0.25, -0.2) is 4.39 Å². The lowest BCUT2D eigenvalue weighted by Crippen LogP contribution is -1.97. The van der Waals surface area contributed by atoms with Crippen LogP contribution in [0.25, 0.3) is 22.4 Å². The van der Waals surface area contributed by atoms with Crippen molar-refractivity contribution in [2.75, 3.05) is 5.73 Å². The summed E-state index contributed by atoms with van der Waals surface area (Å²) in [7, 11) is 1.77. The Labute approximate surface area is 126 Å². The van der Waals surface area contributed by atoms with Gasteiger partial charge in [0.15, 0.2) is 0 Å². The molecule has 2 N–H and O–H groups in total. The fraction of sp³-hybridized carbons (Fsp3) is 0.0625. The van der Waals surface area contributed by atoms with E-state index in [2.05, 4.69) is 5.10 Å². The topological polar surface area (TPSA) is 43.8 Å². The number of nitrogens with two attached hydrogens (primary N) is 1. The molecule has 21 heavy (non-hydrogen) atoms. The van der Waals surface area contributed by atoms with E-state index in [0.29, 0.717) is 22.1 Å². The summed E-state index contributed by atoms with van der Waals surface area (Å²) in [6.07, 6.45) is 0. The Bertz CT molecular complexity index is 797. The van der Waals surface area contributed by atoms with Gasteiger partial charge >= 0.3 is 0 Å². The van der Waals surface area contributed by atoms with Crippen LogP contribution in [-0.4, -0.2) is 9.78 Å². The zero-order valence-electron chi connectivity index (χ0n) is 11.3. The summed E-state index contributed by atoms with van der Waals surface area (Å²) in [5.41, 5.74) is 9.18. The van der Waals surface area contributed by atoms with Gasteiger partial charge < -0.3 is 5.73 Å². The van der Waals surface area contributed by atoms with Crippen molar-refractivity contribution in [2.24, 2.45) is 7.05 Å². The highest BCUT2D eigenvalue weighted by molar-refractivity contribution is 6.33. The predicted molar refractivity (Wildman–Crippen MR) is 83.5 cm³/mol. The molecule has 3 aromatic rings. The second-order valence-electron chi connectivity index (χ2n) is 4.72. The first-order valence-corrected chi connectivity index (χ1v) is 6.79. The van der Waals surface area contributed by atoms with Gasteiger partial charge in [0.05, 0.1) is 10.6 Å². The molecule has 3 rings (SSSR count). The highest BCUT2D eigenvalue weighted by atomic mass is 35.5. The first-order valence-electron chi connectivity index (χ1n) is 6.41. The van der Waals surface area contributed by atoms with E-state index in [9.17, 15) is 4.39 Å². The van der Waals surface area contributed by atoms with Crippen molar-refractivity contribution in [2.45, 2.75) is 0 Å². The number of aryl methyl sites for hydroxylation is 1. The third kappa shape index (κ3) is 2.38. The highest BCUT2D eigenvalue weighted by Gasteiger charge is 2.19. The normalized spacial score (nSPS) is 10.8. The van der Waals surface area contributed by atoms with Gasteiger partial charge in [0.25, 0.3) is 0 Å². The maximum absolute atomic E-state index is 13.2. The minimum Gasteiger partial charge on any atom is -0.383 e. The molecule has 0 spiro atoms. The number of hydrogen-bond acceptors (Lipinski definition) is 2. The zero-order valence-corrected chi connectivity index (χ0v) is 12.1. The average Bonchev–Trinajstić information content (AvgIpc) is 2.75. The smallest absolute Gasteiger partial charge is 0.129 e. The molecule has 0 fully saturated rings. The summed E-state index contributed by atoms with van der Waals surface area (Å²) in [4.78, 5) is 0. The number of halogens is 2. The third-order valence-corrected chi connectivity index (χ3v) is 3.65. The van der Waals surface area contributed by atoms with E-state index in [1.54, 1.807) is 17.8 Å². The predicted octanol–water partition coefficient (Wildman–Crippen LogP) is 4.13. The molecule has 0 amide bonds. The number of aromatic nitrogens is 2.